The fourth-order valence-corrected chi connectivity index (χ4v) is 2.50. The minimum Gasteiger partial charge on any atom is -0.314 e. The number of halogens is 1. The third-order valence-electron chi connectivity index (χ3n) is 3.30. The van der Waals surface area contributed by atoms with Crippen LogP contribution >= 0.6 is 11.6 Å². The van der Waals surface area contributed by atoms with Crippen molar-refractivity contribution in [1.29, 1.82) is 0 Å². The van der Waals surface area contributed by atoms with Crippen LogP contribution in [-0.4, -0.2) is 22.4 Å². The number of rotatable bonds is 8. The van der Waals surface area contributed by atoms with Gasteiger partial charge in [-0.3, -0.25) is 4.68 Å². The molecule has 1 aromatic heterocycles. The van der Waals surface area contributed by atoms with Gasteiger partial charge in [-0.25, -0.2) is 0 Å². The van der Waals surface area contributed by atoms with E-state index in [0.29, 0.717) is 12.0 Å². The molecule has 0 saturated heterocycles. The Bertz CT molecular complexity index is 347. The van der Waals surface area contributed by atoms with Gasteiger partial charge in [-0.05, 0) is 31.7 Å². The standard InChI is InChI=1S/C14H26ClN3/c1-5-9-18-14(12(15)10-17-18)8-7-13(11(3)4)16-6-2/h10-11,13,16H,5-9H2,1-4H3. The highest BCUT2D eigenvalue weighted by Gasteiger charge is 2.15. The Balaban J connectivity index is 2.63. The van der Waals surface area contributed by atoms with Crippen LogP contribution in [0.2, 0.25) is 5.02 Å². The minimum absolute atomic E-state index is 0.552. The van der Waals surface area contributed by atoms with Crippen LogP contribution in [0.4, 0.5) is 0 Å². The summed E-state index contributed by atoms with van der Waals surface area (Å²) >= 11 is 6.22. The number of hydrogen-bond donors (Lipinski definition) is 1. The lowest BCUT2D eigenvalue weighted by Gasteiger charge is -2.22. The smallest absolute Gasteiger partial charge is 0.0817 e. The van der Waals surface area contributed by atoms with Gasteiger partial charge in [0, 0.05) is 12.6 Å². The Morgan fingerprint density at radius 3 is 2.67 bits per heavy atom. The summed E-state index contributed by atoms with van der Waals surface area (Å²) in [4.78, 5) is 0. The van der Waals surface area contributed by atoms with E-state index in [0.717, 1.165) is 37.4 Å². The van der Waals surface area contributed by atoms with Crippen LogP contribution in [0.25, 0.3) is 0 Å². The lowest BCUT2D eigenvalue weighted by atomic mass is 9.98. The highest BCUT2D eigenvalue weighted by molar-refractivity contribution is 6.31. The fourth-order valence-electron chi connectivity index (χ4n) is 2.27. The maximum atomic E-state index is 6.22. The third-order valence-corrected chi connectivity index (χ3v) is 3.61. The second kappa shape index (κ2) is 7.80. The van der Waals surface area contributed by atoms with E-state index in [4.69, 9.17) is 11.6 Å². The van der Waals surface area contributed by atoms with Crippen molar-refractivity contribution in [2.75, 3.05) is 6.54 Å². The Hall–Kier alpha value is -0.540. The van der Waals surface area contributed by atoms with Gasteiger partial charge in [0.1, 0.15) is 0 Å². The van der Waals surface area contributed by atoms with Crippen molar-refractivity contribution in [2.45, 2.75) is 59.5 Å². The van der Waals surface area contributed by atoms with Crippen LogP contribution < -0.4 is 5.32 Å². The molecule has 0 aliphatic carbocycles. The van der Waals surface area contributed by atoms with Gasteiger partial charge in [0.2, 0.25) is 0 Å². The van der Waals surface area contributed by atoms with Crippen molar-refractivity contribution in [1.82, 2.24) is 15.1 Å². The molecule has 1 unspecified atom stereocenters. The van der Waals surface area contributed by atoms with Gasteiger partial charge < -0.3 is 5.32 Å². The molecule has 0 bridgehead atoms. The summed E-state index contributed by atoms with van der Waals surface area (Å²) in [6.07, 6.45) is 4.96. The fraction of sp³-hybridized carbons (Fsp3) is 0.786. The van der Waals surface area contributed by atoms with E-state index in [1.54, 1.807) is 6.20 Å². The molecule has 1 rings (SSSR count). The molecule has 0 radical (unpaired) electrons. The van der Waals surface area contributed by atoms with E-state index >= 15 is 0 Å². The van der Waals surface area contributed by atoms with Crippen LogP contribution in [0.1, 0.15) is 46.2 Å². The molecular formula is C14H26ClN3. The Morgan fingerprint density at radius 1 is 1.39 bits per heavy atom. The van der Waals surface area contributed by atoms with Gasteiger partial charge in [0.15, 0.2) is 0 Å². The molecule has 0 spiro atoms. The molecule has 1 heterocycles. The van der Waals surface area contributed by atoms with Crippen LogP contribution in [0.5, 0.6) is 0 Å². The monoisotopic (exact) mass is 271 g/mol. The summed E-state index contributed by atoms with van der Waals surface area (Å²) in [6.45, 7) is 10.8. The van der Waals surface area contributed by atoms with Crippen LogP contribution in [-0.2, 0) is 13.0 Å². The average molecular weight is 272 g/mol. The van der Waals surface area contributed by atoms with Gasteiger partial charge in [0.25, 0.3) is 0 Å². The second-order valence-electron chi connectivity index (χ2n) is 5.11. The molecule has 0 aromatic carbocycles. The summed E-state index contributed by atoms with van der Waals surface area (Å²) in [5, 5.41) is 8.69. The second-order valence-corrected chi connectivity index (χ2v) is 5.52. The predicted molar refractivity (Wildman–Crippen MR) is 78.2 cm³/mol. The molecule has 18 heavy (non-hydrogen) atoms. The molecular weight excluding hydrogens is 246 g/mol. The van der Waals surface area contributed by atoms with Crippen LogP contribution in [0, 0.1) is 5.92 Å². The zero-order chi connectivity index (χ0) is 13.5. The summed E-state index contributed by atoms with van der Waals surface area (Å²) in [6, 6.07) is 0.552. The molecule has 1 aromatic rings. The van der Waals surface area contributed by atoms with E-state index < -0.39 is 0 Å². The zero-order valence-electron chi connectivity index (χ0n) is 12.0. The molecule has 104 valence electrons. The van der Waals surface area contributed by atoms with E-state index in [2.05, 4.69) is 38.1 Å². The van der Waals surface area contributed by atoms with Gasteiger partial charge >= 0.3 is 0 Å². The molecule has 1 atom stereocenters. The number of hydrogen-bond acceptors (Lipinski definition) is 2. The summed E-state index contributed by atoms with van der Waals surface area (Å²) < 4.78 is 2.05. The molecule has 1 N–H and O–H groups in total. The summed E-state index contributed by atoms with van der Waals surface area (Å²) in [5.74, 6) is 0.645. The molecule has 0 aliphatic heterocycles. The van der Waals surface area contributed by atoms with Crippen molar-refractivity contribution < 1.29 is 0 Å². The van der Waals surface area contributed by atoms with Crippen molar-refractivity contribution in [3.8, 4) is 0 Å². The lowest BCUT2D eigenvalue weighted by Crippen LogP contribution is -2.34. The number of aryl methyl sites for hydroxylation is 1. The molecule has 0 saturated carbocycles. The first-order valence-corrected chi connectivity index (χ1v) is 7.41. The molecule has 0 aliphatic rings. The predicted octanol–water partition coefficient (Wildman–Crippen LogP) is 3.51. The average Bonchev–Trinajstić information content (AvgIpc) is 2.66. The normalized spacial score (nSPS) is 13.2. The van der Waals surface area contributed by atoms with Crippen molar-refractivity contribution in [2.24, 2.45) is 5.92 Å². The zero-order valence-corrected chi connectivity index (χ0v) is 12.8. The summed E-state index contributed by atoms with van der Waals surface area (Å²) in [7, 11) is 0. The lowest BCUT2D eigenvalue weighted by molar-refractivity contribution is 0.381. The van der Waals surface area contributed by atoms with Gasteiger partial charge in [-0.1, -0.05) is 39.3 Å². The van der Waals surface area contributed by atoms with E-state index in [1.165, 1.54) is 5.69 Å². The van der Waals surface area contributed by atoms with E-state index in [9.17, 15) is 0 Å². The van der Waals surface area contributed by atoms with Gasteiger partial charge in [0.05, 0.1) is 16.9 Å². The maximum absolute atomic E-state index is 6.22. The first kappa shape index (κ1) is 15.5. The number of nitrogens with one attached hydrogen (secondary N) is 1. The quantitative estimate of drug-likeness (QED) is 0.784. The third kappa shape index (κ3) is 4.29. The minimum atomic E-state index is 0.552. The highest BCUT2D eigenvalue weighted by Crippen LogP contribution is 2.19. The Morgan fingerprint density at radius 2 is 2.11 bits per heavy atom. The van der Waals surface area contributed by atoms with Crippen LogP contribution in [0.3, 0.4) is 0 Å². The Labute approximate surface area is 116 Å². The molecule has 0 fully saturated rings. The van der Waals surface area contributed by atoms with Gasteiger partial charge in [-0.15, -0.1) is 0 Å². The van der Waals surface area contributed by atoms with Crippen molar-refractivity contribution in [3.05, 3.63) is 16.9 Å². The highest BCUT2D eigenvalue weighted by atomic mass is 35.5. The first-order valence-electron chi connectivity index (χ1n) is 7.03. The van der Waals surface area contributed by atoms with Gasteiger partial charge in [-0.2, -0.15) is 5.10 Å². The molecule has 4 heteroatoms. The van der Waals surface area contributed by atoms with Crippen LogP contribution in [0.15, 0.2) is 6.20 Å². The summed E-state index contributed by atoms with van der Waals surface area (Å²) in [5.41, 5.74) is 1.18. The largest absolute Gasteiger partial charge is 0.314 e. The van der Waals surface area contributed by atoms with Crippen molar-refractivity contribution >= 4 is 11.6 Å². The Kier molecular flexibility index (Phi) is 6.72. The SMILES string of the molecule is CCCn1ncc(Cl)c1CCC(NCC)C(C)C. The first-order chi connectivity index (χ1) is 8.60. The number of aromatic nitrogens is 2. The molecule has 3 nitrogen and oxygen atoms in total. The molecule has 0 amide bonds. The van der Waals surface area contributed by atoms with Crippen molar-refractivity contribution in [3.63, 3.8) is 0 Å². The van der Waals surface area contributed by atoms with E-state index in [1.807, 2.05) is 4.68 Å². The topological polar surface area (TPSA) is 29.9 Å². The number of nitrogens with zero attached hydrogens (tertiary/aromatic N) is 2. The maximum Gasteiger partial charge on any atom is 0.0817 e. The van der Waals surface area contributed by atoms with E-state index in [-0.39, 0.29) is 0 Å².